The smallest absolute Gasteiger partial charge is 0.167 e. The van der Waals surface area contributed by atoms with Crippen molar-refractivity contribution in [2.45, 2.75) is 38.3 Å². The highest BCUT2D eigenvalue weighted by atomic mass is 19.1. The Morgan fingerprint density at radius 1 is 1.50 bits per heavy atom. The van der Waals surface area contributed by atoms with E-state index in [0.29, 0.717) is 18.2 Å². The lowest BCUT2D eigenvalue weighted by atomic mass is 10.1. The molecule has 18 heavy (non-hydrogen) atoms. The van der Waals surface area contributed by atoms with E-state index in [1.165, 1.54) is 12.8 Å². The fourth-order valence-electron chi connectivity index (χ4n) is 1.67. The molecule has 2 N–H and O–H groups in total. The minimum absolute atomic E-state index is 0.0765. The predicted octanol–water partition coefficient (Wildman–Crippen LogP) is 2.02. The van der Waals surface area contributed by atoms with Crippen LogP contribution in [0.1, 0.15) is 25.3 Å². The quantitative estimate of drug-likeness (QED) is 0.815. The zero-order chi connectivity index (χ0) is 13.2. The number of nitrogens with one attached hydrogen (secondary N) is 1. The van der Waals surface area contributed by atoms with Crippen LogP contribution in [0.5, 0.6) is 5.75 Å². The maximum Gasteiger partial charge on any atom is 0.167 e. The number of hydrogen-bond acceptors (Lipinski definition) is 3. The van der Waals surface area contributed by atoms with Crippen LogP contribution in [0.3, 0.4) is 0 Å². The lowest BCUT2D eigenvalue weighted by Gasteiger charge is -2.24. The zero-order valence-corrected chi connectivity index (χ0v) is 10.9. The van der Waals surface area contributed by atoms with Crippen LogP contribution in [0.4, 0.5) is 4.39 Å². The first kappa shape index (κ1) is 13.3. The van der Waals surface area contributed by atoms with Crippen molar-refractivity contribution in [1.29, 1.82) is 0 Å². The molecule has 100 valence electrons. The van der Waals surface area contributed by atoms with Crippen LogP contribution in [0.15, 0.2) is 18.2 Å². The number of hydrogen-bond donors (Lipinski definition) is 2. The molecule has 1 aromatic carbocycles. The standard InChI is InChI=1S/C14H20FNO2/c1-10-4-3-5-12(13(10)15)18-9-14(2,17)8-16-11-6-7-11/h3-5,11,16-17H,6-9H2,1-2H3. The first-order chi connectivity index (χ1) is 8.48. The maximum atomic E-state index is 13.7. The van der Waals surface area contributed by atoms with Crippen LogP contribution >= 0.6 is 0 Å². The van der Waals surface area contributed by atoms with Crippen LogP contribution in [0.25, 0.3) is 0 Å². The van der Waals surface area contributed by atoms with E-state index in [-0.39, 0.29) is 18.2 Å². The molecule has 0 amide bonds. The van der Waals surface area contributed by atoms with E-state index in [1.807, 2.05) is 0 Å². The highest BCUT2D eigenvalue weighted by Gasteiger charge is 2.27. The number of benzene rings is 1. The van der Waals surface area contributed by atoms with Gasteiger partial charge in [0.15, 0.2) is 11.6 Å². The Kier molecular flexibility index (Phi) is 3.88. The van der Waals surface area contributed by atoms with Gasteiger partial charge in [0.1, 0.15) is 12.2 Å². The Bertz CT molecular complexity index is 416. The van der Waals surface area contributed by atoms with Crippen molar-refractivity contribution in [3.8, 4) is 5.75 Å². The molecule has 1 fully saturated rings. The van der Waals surface area contributed by atoms with Gasteiger partial charge in [-0.15, -0.1) is 0 Å². The van der Waals surface area contributed by atoms with Crippen molar-refractivity contribution < 1.29 is 14.2 Å². The molecule has 1 aliphatic carbocycles. The van der Waals surface area contributed by atoms with Crippen LogP contribution < -0.4 is 10.1 Å². The molecule has 3 nitrogen and oxygen atoms in total. The molecule has 0 spiro atoms. The third-order valence-electron chi connectivity index (χ3n) is 3.04. The Labute approximate surface area is 107 Å². The van der Waals surface area contributed by atoms with Crippen LogP contribution in [0, 0.1) is 12.7 Å². The molecule has 1 aromatic rings. The number of aryl methyl sites for hydroxylation is 1. The van der Waals surface area contributed by atoms with Gasteiger partial charge in [-0.1, -0.05) is 12.1 Å². The second kappa shape index (κ2) is 5.24. The van der Waals surface area contributed by atoms with E-state index in [0.717, 1.165) is 0 Å². The lowest BCUT2D eigenvalue weighted by molar-refractivity contribution is 0.0108. The van der Waals surface area contributed by atoms with E-state index in [4.69, 9.17) is 4.74 Å². The second-order valence-electron chi connectivity index (χ2n) is 5.33. The van der Waals surface area contributed by atoms with Crippen molar-refractivity contribution >= 4 is 0 Å². The molecule has 0 aliphatic heterocycles. The third kappa shape index (κ3) is 3.68. The Hall–Kier alpha value is -1.13. The molecule has 2 rings (SSSR count). The average Bonchev–Trinajstić information content (AvgIpc) is 3.13. The third-order valence-corrected chi connectivity index (χ3v) is 3.04. The van der Waals surface area contributed by atoms with Crippen molar-refractivity contribution in [2.24, 2.45) is 0 Å². The van der Waals surface area contributed by atoms with Crippen molar-refractivity contribution in [2.75, 3.05) is 13.2 Å². The number of ether oxygens (including phenoxy) is 1. The topological polar surface area (TPSA) is 41.5 Å². The number of halogens is 1. The summed E-state index contributed by atoms with van der Waals surface area (Å²) < 4.78 is 19.0. The van der Waals surface area contributed by atoms with Crippen LogP contribution in [-0.2, 0) is 0 Å². The largest absolute Gasteiger partial charge is 0.487 e. The second-order valence-corrected chi connectivity index (χ2v) is 5.33. The van der Waals surface area contributed by atoms with Gasteiger partial charge in [-0.2, -0.15) is 0 Å². The minimum atomic E-state index is -0.987. The first-order valence-electron chi connectivity index (χ1n) is 6.32. The average molecular weight is 253 g/mol. The molecule has 1 unspecified atom stereocenters. The summed E-state index contributed by atoms with van der Waals surface area (Å²) in [5.74, 6) is -0.162. The van der Waals surface area contributed by atoms with Crippen molar-refractivity contribution in [3.63, 3.8) is 0 Å². The maximum absolute atomic E-state index is 13.7. The zero-order valence-electron chi connectivity index (χ0n) is 10.9. The van der Waals surface area contributed by atoms with E-state index in [9.17, 15) is 9.50 Å². The SMILES string of the molecule is Cc1cccc(OCC(C)(O)CNC2CC2)c1F. The summed E-state index contributed by atoms with van der Waals surface area (Å²) in [6, 6.07) is 5.54. The van der Waals surface area contributed by atoms with Gasteiger partial charge in [-0.25, -0.2) is 4.39 Å². The fourth-order valence-corrected chi connectivity index (χ4v) is 1.67. The number of rotatable bonds is 6. The minimum Gasteiger partial charge on any atom is -0.487 e. The summed E-state index contributed by atoms with van der Waals surface area (Å²) in [7, 11) is 0. The van der Waals surface area contributed by atoms with Crippen LogP contribution in [-0.4, -0.2) is 29.9 Å². The van der Waals surface area contributed by atoms with Gasteiger partial charge in [0.05, 0.1) is 0 Å². The van der Waals surface area contributed by atoms with Gasteiger partial charge in [0.25, 0.3) is 0 Å². The van der Waals surface area contributed by atoms with E-state index >= 15 is 0 Å². The van der Waals surface area contributed by atoms with E-state index in [1.54, 1.807) is 32.0 Å². The predicted molar refractivity (Wildman–Crippen MR) is 68.3 cm³/mol. The Balaban J connectivity index is 1.86. The lowest BCUT2D eigenvalue weighted by Crippen LogP contribution is -2.43. The summed E-state index contributed by atoms with van der Waals surface area (Å²) in [5.41, 5.74) is -0.443. The highest BCUT2D eigenvalue weighted by molar-refractivity contribution is 5.30. The number of aliphatic hydroxyl groups is 1. The highest BCUT2D eigenvalue weighted by Crippen LogP contribution is 2.22. The molecular formula is C14H20FNO2. The Morgan fingerprint density at radius 3 is 2.89 bits per heavy atom. The Morgan fingerprint density at radius 2 is 2.22 bits per heavy atom. The molecule has 1 saturated carbocycles. The van der Waals surface area contributed by atoms with Gasteiger partial charge >= 0.3 is 0 Å². The van der Waals surface area contributed by atoms with Gasteiger partial charge in [-0.3, -0.25) is 0 Å². The first-order valence-corrected chi connectivity index (χ1v) is 6.32. The van der Waals surface area contributed by atoms with E-state index < -0.39 is 5.60 Å². The molecular weight excluding hydrogens is 233 g/mol. The molecule has 0 radical (unpaired) electrons. The molecule has 0 bridgehead atoms. The van der Waals surface area contributed by atoms with Crippen LogP contribution in [0.2, 0.25) is 0 Å². The van der Waals surface area contributed by atoms with Gasteiger partial charge < -0.3 is 15.2 Å². The summed E-state index contributed by atoms with van der Waals surface area (Å²) in [6.07, 6.45) is 2.34. The normalized spacial score (nSPS) is 18.4. The van der Waals surface area contributed by atoms with Crippen molar-refractivity contribution in [1.82, 2.24) is 5.32 Å². The molecule has 0 saturated heterocycles. The molecule has 4 heteroatoms. The summed E-state index contributed by atoms with van der Waals surface area (Å²) in [5, 5.41) is 13.3. The summed E-state index contributed by atoms with van der Waals surface area (Å²) >= 11 is 0. The summed E-state index contributed by atoms with van der Waals surface area (Å²) in [6.45, 7) is 3.92. The van der Waals surface area contributed by atoms with Gasteiger partial charge in [0, 0.05) is 12.6 Å². The molecule has 1 atom stereocenters. The molecule has 1 aliphatic rings. The van der Waals surface area contributed by atoms with Gasteiger partial charge in [0.2, 0.25) is 0 Å². The van der Waals surface area contributed by atoms with E-state index in [2.05, 4.69) is 5.32 Å². The molecule has 0 aromatic heterocycles. The van der Waals surface area contributed by atoms with Crippen molar-refractivity contribution in [3.05, 3.63) is 29.6 Å². The fraction of sp³-hybridized carbons (Fsp3) is 0.571. The summed E-state index contributed by atoms with van der Waals surface area (Å²) in [4.78, 5) is 0. The molecule has 0 heterocycles. The monoisotopic (exact) mass is 253 g/mol. The van der Waals surface area contributed by atoms with Gasteiger partial charge in [-0.05, 0) is 38.3 Å².